The number of hydrogen-bond acceptors (Lipinski definition) is 3. The van der Waals surface area contributed by atoms with Crippen LogP contribution in [0.5, 0.6) is 0 Å². The minimum Gasteiger partial charge on any atom is -0.456 e. The fraction of sp³-hybridized carbons (Fsp3) is 0.667. The zero-order valence-electron chi connectivity index (χ0n) is 11.8. The summed E-state index contributed by atoms with van der Waals surface area (Å²) >= 11 is 0. The Labute approximate surface area is 110 Å². The van der Waals surface area contributed by atoms with E-state index in [4.69, 9.17) is 0 Å². The van der Waals surface area contributed by atoms with E-state index < -0.39 is 12.1 Å². The van der Waals surface area contributed by atoms with Gasteiger partial charge in [0.05, 0.1) is 6.61 Å². The molecule has 3 heteroatoms. The van der Waals surface area contributed by atoms with Crippen LogP contribution in [0.3, 0.4) is 0 Å². The molecule has 0 rings (SSSR count). The Bertz CT molecular complexity index is 329. The smallest absolute Gasteiger partial charge is 0.384 e. The van der Waals surface area contributed by atoms with Crippen LogP contribution in [-0.2, 0) is 9.53 Å². The molecule has 18 heavy (non-hydrogen) atoms. The van der Waals surface area contributed by atoms with Crippen LogP contribution in [0.25, 0.3) is 0 Å². The topological polar surface area (TPSA) is 46.5 Å². The van der Waals surface area contributed by atoms with Crippen LogP contribution in [-0.4, -0.2) is 23.8 Å². The van der Waals surface area contributed by atoms with Gasteiger partial charge in [-0.2, -0.15) is 0 Å². The second-order valence-corrected chi connectivity index (χ2v) is 4.71. The summed E-state index contributed by atoms with van der Waals surface area (Å²) in [5.74, 6) is 4.61. The van der Waals surface area contributed by atoms with E-state index in [-0.39, 0.29) is 0 Å². The third kappa shape index (κ3) is 9.92. The normalized spacial score (nSPS) is 12.9. The maximum atomic E-state index is 11.0. The fourth-order valence-electron chi connectivity index (χ4n) is 1.52. The monoisotopic (exact) mass is 252 g/mol. The molecule has 0 spiro atoms. The van der Waals surface area contributed by atoms with E-state index in [9.17, 15) is 9.90 Å². The summed E-state index contributed by atoms with van der Waals surface area (Å²) in [5.41, 5.74) is 1.31. The molecule has 0 aromatic heterocycles. The molecule has 2 unspecified atom stereocenters. The van der Waals surface area contributed by atoms with E-state index in [2.05, 4.69) is 43.4 Å². The SMILES string of the molecule is CCOC(=O)C#CC(O)CC(C)CCC=C(C)C. The highest BCUT2D eigenvalue weighted by Crippen LogP contribution is 2.13. The van der Waals surface area contributed by atoms with Crippen molar-refractivity contribution in [1.29, 1.82) is 0 Å². The molecule has 3 nitrogen and oxygen atoms in total. The molecule has 2 atom stereocenters. The van der Waals surface area contributed by atoms with Crippen molar-refractivity contribution in [3.8, 4) is 11.8 Å². The zero-order chi connectivity index (χ0) is 14.0. The molecule has 102 valence electrons. The maximum Gasteiger partial charge on any atom is 0.384 e. The molecule has 1 N–H and O–H groups in total. The van der Waals surface area contributed by atoms with Crippen molar-refractivity contribution < 1.29 is 14.6 Å². The highest BCUT2D eigenvalue weighted by atomic mass is 16.5. The van der Waals surface area contributed by atoms with Crippen LogP contribution in [0.1, 0.15) is 47.0 Å². The third-order valence-corrected chi connectivity index (χ3v) is 2.45. The van der Waals surface area contributed by atoms with Gasteiger partial charge < -0.3 is 9.84 Å². The van der Waals surface area contributed by atoms with E-state index >= 15 is 0 Å². The standard InChI is InChI=1S/C15H24O3/c1-5-18-15(17)10-9-14(16)11-13(4)8-6-7-12(2)3/h7,13-14,16H,5-6,8,11H2,1-4H3. The highest BCUT2D eigenvalue weighted by Gasteiger charge is 2.07. The number of rotatable bonds is 6. The maximum absolute atomic E-state index is 11.0. The average molecular weight is 252 g/mol. The largest absolute Gasteiger partial charge is 0.456 e. The van der Waals surface area contributed by atoms with Crippen molar-refractivity contribution >= 4 is 5.97 Å². The van der Waals surface area contributed by atoms with Gasteiger partial charge in [0.25, 0.3) is 0 Å². The number of aliphatic hydroxyl groups is 1. The molecule has 0 amide bonds. The molecule has 0 aromatic rings. The first kappa shape index (κ1) is 16.7. The molecule has 0 saturated carbocycles. The van der Waals surface area contributed by atoms with Gasteiger partial charge in [0.2, 0.25) is 0 Å². The molecule has 0 aliphatic heterocycles. The van der Waals surface area contributed by atoms with Crippen molar-refractivity contribution in [3.05, 3.63) is 11.6 Å². The van der Waals surface area contributed by atoms with Gasteiger partial charge in [-0.3, -0.25) is 0 Å². The fourth-order valence-corrected chi connectivity index (χ4v) is 1.52. The van der Waals surface area contributed by atoms with Gasteiger partial charge in [-0.05, 0) is 46.0 Å². The van der Waals surface area contributed by atoms with Crippen LogP contribution in [0, 0.1) is 17.8 Å². The Kier molecular flexibility index (Phi) is 9.04. The predicted octanol–water partition coefficient (Wildman–Crippen LogP) is 2.69. The first-order valence-corrected chi connectivity index (χ1v) is 6.45. The second-order valence-electron chi connectivity index (χ2n) is 4.71. The summed E-state index contributed by atoms with van der Waals surface area (Å²) in [6, 6.07) is 0. The minimum absolute atomic E-state index is 0.308. The Morgan fingerprint density at radius 1 is 1.44 bits per heavy atom. The van der Waals surface area contributed by atoms with Crippen LogP contribution in [0.4, 0.5) is 0 Å². The van der Waals surface area contributed by atoms with Crippen LogP contribution >= 0.6 is 0 Å². The first-order chi connectivity index (χ1) is 8.45. The van der Waals surface area contributed by atoms with E-state index in [0.29, 0.717) is 18.9 Å². The summed E-state index contributed by atoms with van der Waals surface area (Å²) in [6.45, 7) is 8.26. The zero-order valence-corrected chi connectivity index (χ0v) is 11.8. The second kappa shape index (κ2) is 9.73. The lowest BCUT2D eigenvalue weighted by Gasteiger charge is -2.11. The number of carbonyl (C=O) groups is 1. The Hall–Kier alpha value is -1.27. The summed E-state index contributed by atoms with van der Waals surface area (Å²) < 4.78 is 4.66. The predicted molar refractivity (Wildman–Crippen MR) is 72.9 cm³/mol. The molecule has 0 aliphatic carbocycles. The quantitative estimate of drug-likeness (QED) is 0.342. The van der Waals surface area contributed by atoms with Crippen LogP contribution in [0.15, 0.2) is 11.6 Å². The Balaban J connectivity index is 3.96. The minimum atomic E-state index is -0.754. The molecule has 0 heterocycles. The summed E-state index contributed by atoms with van der Waals surface area (Å²) in [6.07, 6.45) is 4.05. The van der Waals surface area contributed by atoms with E-state index in [1.54, 1.807) is 6.92 Å². The Morgan fingerprint density at radius 3 is 2.67 bits per heavy atom. The van der Waals surface area contributed by atoms with Gasteiger partial charge in [-0.1, -0.05) is 24.5 Å². The molecule has 0 fully saturated rings. The number of ether oxygens (including phenoxy) is 1. The van der Waals surface area contributed by atoms with E-state index in [1.165, 1.54) is 5.57 Å². The van der Waals surface area contributed by atoms with Crippen molar-refractivity contribution in [2.75, 3.05) is 6.61 Å². The van der Waals surface area contributed by atoms with Gasteiger partial charge in [-0.25, -0.2) is 4.79 Å². The molecule has 0 aromatic carbocycles. The van der Waals surface area contributed by atoms with Crippen molar-refractivity contribution in [3.63, 3.8) is 0 Å². The van der Waals surface area contributed by atoms with Crippen molar-refractivity contribution in [2.24, 2.45) is 5.92 Å². The molecule has 0 radical (unpaired) electrons. The number of aliphatic hydroxyl groups excluding tert-OH is 1. The number of hydrogen-bond donors (Lipinski definition) is 1. The highest BCUT2D eigenvalue weighted by molar-refractivity contribution is 5.88. The molecular formula is C15H24O3. The van der Waals surface area contributed by atoms with Gasteiger partial charge in [0, 0.05) is 5.92 Å². The summed E-state index contributed by atoms with van der Waals surface area (Å²) in [5, 5.41) is 9.65. The van der Waals surface area contributed by atoms with Crippen LogP contribution < -0.4 is 0 Å². The lowest BCUT2D eigenvalue weighted by atomic mass is 9.98. The Morgan fingerprint density at radius 2 is 2.11 bits per heavy atom. The van der Waals surface area contributed by atoms with Gasteiger partial charge in [0.1, 0.15) is 6.10 Å². The molecular weight excluding hydrogens is 228 g/mol. The van der Waals surface area contributed by atoms with Gasteiger partial charge in [-0.15, -0.1) is 0 Å². The van der Waals surface area contributed by atoms with E-state index in [1.807, 2.05) is 0 Å². The lowest BCUT2D eigenvalue weighted by Crippen LogP contribution is -2.10. The third-order valence-electron chi connectivity index (χ3n) is 2.45. The van der Waals surface area contributed by atoms with Gasteiger partial charge >= 0.3 is 5.97 Å². The number of esters is 1. The summed E-state index contributed by atoms with van der Waals surface area (Å²) in [4.78, 5) is 11.0. The lowest BCUT2D eigenvalue weighted by molar-refractivity contribution is -0.136. The number of allylic oxidation sites excluding steroid dienone is 2. The first-order valence-electron chi connectivity index (χ1n) is 6.45. The van der Waals surface area contributed by atoms with Crippen molar-refractivity contribution in [2.45, 2.75) is 53.1 Å². The molecule has 0 aliphatic rings. The van der Waals surface area contributed by atoms with E-state index in [0.717, 1.165) is 12.8 Å². The van der Waals surface area contributed by atoms with Crippen molar-refractivity contribution in [1.82, 2.24) is 0 Å². The molecule has 0 bridgehead atoms. The molecule has 0 saturated heterocycles. The number of carbonyl (C=O) groups excluding carboxylic acids is 1. The van der Waals surface area contributed by atoms with Gasteiger partial charge in [0.15, 0.2) is 0 Å². The average Bonchev–Trinajstić information content (AvgIpc) is 2.26. The van der Waals surface area contributed by atoms with Crippen LogP contribution in [0.2, 0.25) is 0 Å². The summed E-state index contributed by atoms with van der Waals surface area (Å²) in [7, 11) is 0.